The minimum absolute atomic E-state index is 0.000439. The molecule has 3 N–H and O–H groups in total. The van der Waals surface area contributed by atoms with E-state index in [1.54, 1.807) is 12.1 Å². The molecule has 0 heterocycles. The van der Waals surface area contributed by atoms with Crippen molar-refractivity contribution in [3.05, 3.63) is 34.1 Å². The van der Waals surface area contributed by atoms with Gasteiger partial charge < -0.3 is 11.1 Å². The molecule has 1 amide bonds. The molecular formula is C15H20BrFN2O. The lowest BCUT2D eigenvalue weighted by molar-refractivity contribution is -0.127. The van der Waals surface area contributed by atoms with Gasteiger partial charge in [0.05, 0.1) is 0 Å². The number of rotatable bonds is 4. The van der Waals surface area contributed by atoms with E-state index in [4.69, 9.17) is 5.73 Å². The predicted octanol–water partition coefficient (Wildman–Crippen LogP) is 2.97. The predicted molar refractivity (Wildman–Crippen MR) is 80.4 cm³/mol. The van der Waals surface area contributed by atoms with Crippen molar-refractivity contribution in [2.45, 2.75) is 32.2 Å². The lowest BCUT2D eigenvalue weighted by Crippen LogP contribution is -2.39. The summed E-state index contributed by atoms with van der Waals surface area (Å²) in [5.41, 5.74) is 6.23. The average molecular weight is 343 g/mol. The first-order chi connectivity index (χ1) is 9.61. The number of carbonyl (C=O) groups excluding carboxylic acids is 1. The number of carbonyl (C=O) groups is 1. The van der Waals surface area contributed by atoms with E-state index in [9.17, 15) is 9.18 Å². The van der Waals surface area contributed by atoms with E-state index in [0.29, 0.717) is 12.1 Å². The number of amides is 1. The standard InChI is InChI=1S/C15H20BrFN2O/c16-12-5-6-14(17)11(7-12)9-19-15(20)13-4-2-1-3-10(13)8-18/h5-7,10,13H,1-4,8-9,18H2,(H,19,20). The normalized spacial score (nSPS) is 22.6. The van der Waals surface area contributed by atoms with Gasteiger partial charge in [-0.3, -0.25) is 4.79 Å². The molecule has 0 aromatic heterocycles. The van der Waals surface area contributed by atoms with Crippen molar-refractivity contribution in [2.75, 3.05) is 6.54 Å². The average Bonchev–Trinajstić information content (AvgIpc) is 2.47. The molecule has 0 spiro atoms. The first kappa shape index (κ1) is 15.4. The molecule has 2 atom stereocenters. The zero-order valence-corrected chi connectivity index (χ0v) is 13.0. The lowest BCUT2D eigenvalue weighted by Gasteiger charge is -2.29. The van der Waals surface area contributed by atoms with Crippen LogP contribution in [0.1, 0.15) is 31.2 Å². The van der Waals surface area contributed by atoms with Gasteiger partial charge >= 0.3 is 0 Å². The summed E-state index contributed by atoms with van der Waals surface area (Å²) in [6, 6.07) is 4.73. The summed E-state index contributed by atoms with van der Waals surface area (Å²) in [6.07, 6.45) is 4.11. The Hall–Kier alpha value is -0.940. The molecule has 2 rings (SSSR count). The van der Waals surface area contributed by atoms with Crippen LogP contribution in [0.2, 0.25) is 0 Å². The molecule has 0 radical (unpaired) electrons. The van der Waals surface area contributed by atoms with Gasteiger partial charge in [0.2, 0.25) is 5.91 Å². The summed E-state index contributed by atoms with van der Waals surface area (Å²) in [5.74, 6) is -0.0629. The molecule has 1 aliphatic rings. The molecule has 110 valence electrons. The van der Waals surface area contributed by atoms with Gasteiger partial charge in [-0.2, -0.15) is 0 Å². The maximum absolute atomic E-state index is 13.6. The zero-order chi connectivity index (χ0) is 14.5. The fourth-order valence-corrected chi connectivity index (χ4v) is 3.24. The summed E-state index contributed by atoms with van der Waals surface area (Å²) in [7, 11) is 0. The summed E-state index contributed by atoms with van der Waals surface area (Å²) < 4.78 is 14.4. The van der Waals surface area contributed by atoms with Crippen molar-refractivity contribution < 1.29 is 9.18 Å². The minimum Gasteiger partial charge on any atom is -0.352 e. The van der Waals surface area contributed by atoms with Crippen LogP contribution >= 0.6 is 15.9 Å². The Labute approximate surface area is 127 Å². The molecule has 0 bridgehead atoms. The molecule has 0 saturated heterocycles. The van der Waals surface area contributed by atoms with Crippen LogP contribution in [0.3, 0.4) is 0 Å². The largest absolute Gasteiger partial charge is 0.352 e. The maximum atomic E-state index is 13.6. The SMILES string of the molecule is NCC1CCCCC1C(=O)NCc1cc(Br)ccc1F. The highest BCUT2D eigenvalue weighted by atomic mass is 79.9. The third-order valence-electron chi connectivity index (χ3n) is 4.01. The van der Waals surface area contributed by atoms with E-state index in [1.165, 1.54) is 6.07 Å². The second-order valence-corrected chi connectivity index (χ2v) is 6.26. The van der Waals surface area contributed by atoms with Gasteiger partial charge in [0, 0.05) is 22.5 Å². The van der Waals surface area contributed by atoms with Crippen LogP contribution in [-0.2, 0) is 11.3 Å². The van der Waals surface area contributed by atoms with E-state index in [2.05, 4.69) is 21.2 Å². The van der Waals surface area contributed by atoms with Crippen LogP contribution in [0.15, 0.2) is 22.7 Å². The third-order valence-corrected chi connectivity index (χ3v) is 4.50. The quantitative estimate of drug-likeness (QED) is 0.883. The number of benzene rings is 1. The van der Waals surface area contributed by atoms with Crippen LogP contribution in [0.5, 0.6) is 0 Å². The van der Waals surface area contributed by atoms with Gasteiger partial charge in [-0.15, -0.1) is 0 Å². The molecule has 1 saturated carbocycles. The highest BCUT2D eigenvalue weighted by molar-refractivity contribution is 9.10. The Kier molecular flexibility index (Phi) is 5.54. The fourth-order valence-electron chi connectivity index (χ4n) is 2.83. The van der Waals surface area contributed by atoms with Gasteiger partial charge in [0.1, 0.15) is 5.82 Å². The first-order valence-corrected chi connectivity index (χ1v) is 7.83. The molecule has 0 aliphatic heterocycles. The molecule has 5 heteroatoms. The van der Waals surface area contributed by atoms with E-state index >= 15 is 0 Å². The van der Waals surface area contributed by atoms with Gasteiger partial charge in [0.25, 0.3) is 0 Å². The number of halogens is 2. The minimum atomic E-state index is -0.299. The summed E-state index contributed by atoms with van der Waals surface area (Å²) in [5, 5.41) is 2.85. The monoisotopic (exact) mass is 342 g/mol. The van der Waals surface area contributed by atoms with Crippen LogP contribution in [0, 0.1) is 17.7 Å². The molecule has 1 aliphatic carbocycles. The highest BCUT2D eigenvalue weighted by Crippen LogP contribution is 2.29. The highest BCUT2D eigenvalue weighted by Gasteiger charge is 2.29. The van der Waals surface area contributed by atoms with E-state index in [0.717, 1.165) is 30.2 Å². The van der Waals surface area contributed by atoms with E-state index < -0.39 is 0 Å². The second kappa shape index (κ2) is 7.18. The van der Waals surface area contributed by atoms with Crippen molar-refractivity contribution >= 4 is 21.8 Å². The summed E-state index contributed by atoms with van der Waals surface area (Å²) >= 11 is 3.30. The van der Waals surface area contributed by atoms with E-state index in [-0.39, 0.29) is 30.1 Å². The Bertz CT molecular complexity index is 481. The molecular weight excluding hydrogens is 323 g/mol. The van der Waals surface area contributed by atoms with Crippen molar-refractivity contribution in [3.63, 3.8) is 0 Å². The third kappa shape index (κ3) is 3.79. The van der Waals surface area contributed by atoms with Crippen molar-refractivity contribution in [3.8, 4) is 0 Å². The smallest absolute Gasteiger partial charge is 0.223 e. The van der Waals surface area contributed by atoms with Gasteiger partial charge in [-0.1, -0.05) is 28.8 Å². The number of nitrogens with one attached hydrogen (secondary N) is 1. The summed E-state index contributed by atoms with van der Waals surface area (Å²) in [6.45, 7) is 0.765. The Morgan fingerprint density at radius 1 is 1.40 bits per heavy atom. The van der Waals surface area contributed by atoms with E-state index in [1.807, 2.05) is 0 Å². The first-order valence-electron chi connectivity index (χ1n) is 7.03. The Balaban J connectivity index is 1.95. The topological polar surface area (TPSA) is 55.1 Å². The van der Waals surface area contributed by atoms with Crippen LogP contribution in [-0.4, -0.2) is 12.5 Å². The van der Waals surface area contributed by atoms with Crippen molar-refractivity contribution in [2.24, 2.45) is 17.6 Å². The lowest BCUT2D eigenvalue weighted by atomic mass is 9.79. The zero-order valence-electron chi connectivity index (χ0n) is 11.4. The number of hydrogen-bond donors (Lipinski definition) is 2. The second-order valence-electron chi connectivity index (χ2n) is 5.34. The molecule has 1 aromatic carbocycles. The van der Waals surface area contributed by atoms with Gasteiger partial charge in [0.15, 0.2) is 0 Å². The molecule has 20 heavy (non-hydrogen) atoms. The van der Waals surface area contributed by atoms with Crippen LogP contribution < -0.4 is 11.1 Å². The number of hydrogen-bond acceptors (Lipinski definition) is 2. The maximum Gasteiger partial charge on any atom is 0.223 e. The molecule has 2 unspecified atom stereocenters. The van der Waals surface area contributed by atoms with Gasteiger partial charge in [-0.25, -0.2) is 4.39 Å². The molecule has 3 nitrogen and oxygen atoms in total. The summed E-state index contributed by atoms with van der Waals surface area (Å²) in [4.78, 5) is 12.2. The fraction of sp³-hybridized carbons (Fsp3) is 0.533. The van der Waals surface area contributed by atoms with Crippen molar-refractivity contribution in [1.82, 2.24) is 5.32 Å². The molecule has 1 aromatic rings. The molecule has 1 fully saturated rings. The van der Waals surface area contributed by atoms with Crippen molar-refractivity contribution in [1.29, 1.82) is 0 Å². The van der Waals surface area contributed by atoms with Gasteiger partial charge in [-0.05, 0) is 43.5 Å². The number of nitrogens with two attached hydrogens (primary N) is 1. The Morgan fingerprint density at radius 3 is 2.90 bits per heavy atom. The van der Waals surface area contributed by atoms with Crippen LogP contribution in [0.25, 0.3) is 0 Å². The van der Waals surface area contributed by atoms with Crippen LogP contribution in [0.4, 0.5) is 4.39 Å². The Morgan fingerprint density at radius 2 is 2.15 bits per heavy atom.